The summed E-state index contributed by atoms with van der Waals surface area (Å²) in [6.45, 7) is 5.31. The Morgan fingerprint density at radius 1 is 1.19 bits per heavy atom. The molecular weight excluding hydrogens is 231 g/mol. The predicted octanol–water partition coefficient (Wildman–Crippen LogP) is 2.35. The van der Waals surface area contributed by atoms with E-state index in [1.54, 1.807) is 20.8 Å². The molecule has 6 heteroatoms. The maximum atomic E-state index is 12.2. The van der Waals surface area contributed by atoms with Crippen LogP contribution in [0.1, 0.15) is 33.6 Å². The second-order valence-corrected chi connectivity index (χ2v) is 7.48. The van der Waals surface area contributed by atoms with E-state index in [-0.39, 0.29) is 0 Å². The largest absolute Gasteiger partial charge is 0.459 e. The highest BCUT2D eigenvalue weighted by atomic mass is 31.2. The number of hydrogen-bond acceptors (Lipinski definition) is 5. The zero-order valence-electron chi connectivity index (χ0n) is 10.4. The lowest BCUT2D eigenvalue weighted by Gasteiger charge is -2.27. The normalized spacial score (nSPS) is 19.3. The van der Waals surface area contributed by atoms with Crippen LogP contribution in [0.2, 0.25) is 0 Å². The lowest BCUT2D eigenvalue weighted by Crippen LogP contribution is -2.33. The van der Waals surface area contributed by atoms with E-state index in [4.69, 9.17) is 13.8 Å². The van der Waals surface area contributed by atoms with Crippen molar-refractivity contribution >= 4 is 13.6 Å². The van der Waals surface area contributed by atoms with Crippen LogP contribution in [0.4, 0.5) is 0 Å². The molecule has 0 N–H and O–H groups in total. The van der Waals surface area contributed by atoms with Gasteiger partial charge in [-0.25, -0.2) is 0 Å². The molecule has 16 heavy (non-hydrogen) atoms. The van der Waals surface area contributed by atoms with E-state index in [9.17, 15) is 9.36 Å². The minimum Gasteiger partial charge on any atom is -0.459 e. The molecule has 1 fully saturated rings. The molecule has 1 rings (SSSR count). The van der Waals surface area contributed by atoms with Crippen LogP contribution in [0.3, 0.4) is 0 Å². The Morgan fingerprint density at radius 2 is 1.62 bits per heavy atom. The van der Waals surface area contributed by atoms with Crippen LogP contribution in [0, 0.1) is 0 Å². The van der Waals surface area contributed by atoms with Gasteiger partial charge in [0.05, 0.1) is 0 Å². The van der Waals surface area contributed by atoms with Gasteiger partial charge >= 0.3 is 13.6 Å². The molecule has 0 aromatic heterocycles. The van der Waals surface area contributed by atoms with E-state index in [0.717, 1.165) is 0 Å². The highest BCUT2D eigenvalue weighted by molar-refractivity contribution is 7.57. The minimum absolute atomic E-state index is 0.487. The van der Waals surface area contributed by atoms with Crippen LogP contribution in [-0.2, 0) is 23.1 Å². The van der Waals surface area contributed by atoms with Gasteiger partial charge in [-0.2, -0.15) is 0 Å². The molecule has 0 saturated heterocycles. The third-order valence-electron chi connectivity index (χ3n) is 2.51. The third kappa shape index (κ3) is 2.31. The molecule has 0 aliphatic heterocycles. The number of esters is 1. The van der Waals surface area contributed by atoms with Crippen molar-refractivity contribution in [2.75, 3.05) is 14.2 Å². The fourth-order valence-electron chi connectivity index (χ4n) is 1.51. The summed E-state index contributed by atoms with van der Waals surface area (Å²) in [5, 5.41) is -1.08. The second-order valence-electron chi connectivity index (χ2n) is 4.90. The van der Waals surface area contributed by atoms with Crippen molar-refractivity contribution in [2.45, 2.75) is 44.4 Å². The van der Waals surface area contributed by atoms with Crippen LogP contribution < -0.4 is 0 Å². The van der Waals surface area contributed by atoms with Crippen molar-refractivity contribution in [1.82, 2.24) is 0 Å². The molecule has 0 radical (unpaired) electrons. The van der Waals surface area contributed by atoms with Gasteiger partial charge in [-0.15, -0.1) is 0 Å². The van der Waals surface area contributed by atoms with Crippen LogP contribution in [0.25, 0.3) is 0 Å². The zero-order valence-corrected chi connectivity index (χ0v) is 11.3. The van der Waals surface area contributed by atoms with E-state index < -0.39 is 24.3 Å². The van der Waals surface area contributed by atoms with E-state index in [1.165, 1.54) is 14.2 Å². The van der Waals surface area contributed by atoms with Gasteiger partial charge in [0.1, 0.15) is 5.60 Å². The van der Waals surface area contributed by atoms with E-state index in [1.807, 2.05) is 0 Å². The molecule has 0 aromatic carbocycles. The molecule has 1 aliphatic rings. The Bertz CT molecular complexity index is 319. The smallest absolute Gasteiger partial charge is 0.347 e. The molecule has 0 aromatic rings. The lowest BCUT2D eigenvalue weighted by atomic mass is 10.2. The van der Waals surface area contributed by atoms with E-state index in [2.05, 4.69) is 0 Å². The van der Waals surface area contributed by atoms with Gasteiger partial charge in [-0.1, -0.05) is 0 Å². The Labute approximate surface area is 96.0 Å². The van der Waals surface area contributed by atoms with Gasteiger partial charge < -0.3 is 13.8 Å². The van der Waals surface area contributed by atoms with Gasteiger partial charge in [0.25, 0.3) is 0 Å². The molecule has 0 amide bonds. The summed E-state index contributed by atoms with van der Waals surface area (Å²) >= 11 is 0. The predicted molar refractivity (Wildman–Crippen MR) is 59.4 cm³/mol. The Balaban J connectivity index is 2.87. The van der Waals surface area contributed by atoms with Crippen molar-refractivity contribution in [1.29, 1.82) is 0 Å². The third-order valence-corrected chi connectivity index (χ3v) is 5.15. The number of hydrogen-bond donors (Lipinski definition) is 0. The van der Waals surface area contributed by atoms with Crippen LogP contribution in [-0.4, -0.2) is 30.9 Å². The second kappa shape index (κ2) is 4.13. The fourth-order valence-corrected chi connectivity index (χ4v) is 3.28. The molecule has 0 atom stereocenters. The first-order valence-electron chi connectivity index (χ1n) is 5.16. The summed E-state index contributed by atoms with van der Waals surface area (Å²) < 4.78 is 27.2. The van der Waals surface area contributed by atoms with Crippen LogP contribution in [0.5, 0.6) is 0 Å². The lowest BCUT2D eigenvalue weighted by molar-refractivity contribution is -0.155. The molecule has 0 unspecified atom stereocenters. The topological polar surface area (TPSA) is 61.8 Å². The first kappa shape index (κ1) is 13.7. The molecule has 5 nitrogen and oxygen atoms in total. The maximum Gasteiger partial charge on any atom is 0.347 e. The summed E-state index contributed by atoms with van der Waals surface area (Å²) in [5.74, 6) is -0.493. The summed E-state index contributed by atoms with van der Waals surface area (Å²) in [5.41, 5.74) is -0.598. The van der Waals surface area contributed by atoms with Gasteiger partial charge in [-0.05, 0) is 33.6 Å². The summed E-state index contributed by atoms with van der Waals surface area (Å²) in [7, 11) is -0.817. The summed E-state index contributed by atoms with van der Waals surface area (Å²) in [4.78, 5) is 12.0. The Kier molecular flexibility index (Phi) is 3.53. The highest BCUT2D eigenvalue weighted by Gasteiger charge is 2.67. The average Bonchev–Trinajstić information content (AvgIpc) is 2.95. The van der Waals surface area contributed by atoms with E-state index in [0.29, 0.717) is 12.8 Å². The SMILES string of the molecule is COP(=O)(OC)C1(C(=O)OC(C)(C)C)CC1. The first-order valence-corrected chi connectivity index (χ1v) is 6.70. The molecular formula is C10H19O5P. The van der Waals surface area contributed by atoms with Crippen molar-refractivity contribution in [2.24, 2.45) is 0 Å². The van der Waals surface area contributed by atoms with Crippen LogP contribution in [0.15, 0.2) is 0 Å². The molecule has 1 aliphatic carbocycles. The minimum atomic E-state index is -3.39. The Morgan fingerprint density at radius 3 is 1.88 bits per heavy atom. The molecule has 0 bridgehead atoms. The molecule has 0 heterocycles. The zero-order chi connectivity index (χ0) is 12.6. The highest BCUT2D eigenvalue weighted by Crippen LogP contribution is 2.71. The molecule has 0 spiro atoms. The quantitative estimate of drug-likeness (QED) is 0.566. The van der Waals surface area contributed by atoms with Crippen LogP contribution >= 0.6 is 7.60 Å². The number of carbonyl (C=O) groups excluding carboxylic acids is 1. The summed E-state index contributed by atoms with van der Waals surface area (Å²) in [6.07, 6.45) is 0.974. The first-order chi connectivity index (χ1) is 7.21. The monoisotopic (exact) mass is 250 g/mol. The Hall–Kier alpha value is -0.380. The standard InChI is InChI=1S/C10H19O5P/c1-9(2,3)15-8(11)10(6-7-10)16(12,13-4)14-5/h6-7H2,1-5H3. The van der Waals surface area contributed by atoms with Gasteiger partial charge in [0.2, 0.25) is 0 Å². The maximum absolute atomic E-state index is 12.2. The average molecular weight is 250 g/mol. The van der Waals surface area contributed by atoms with Gasteiger partial charge in [-0.3, -0.25) is 9.36 Å². The molecule has 1 saturated carbocycles. The summed E-state index contributed by atoms with van der Waals surface area (Å²) in [6, 6.07) is 0. The van der Waals surface area contributed by atoms with E-state index >= 15 is 0 Å². The number of rotatable bonds is 4. The van der Waals surface area contributed by atoms with Crippen molar-refractivity contribution in [3.05, 3.63) is 0 Å². The number of ether oxygens (including phenoxy) is 1. The van der Waals surface area contributed by atoms with Gasteiger partial charge in [0, 0.05) is 14.2 Å². The fraction of sp³-hybridized carbons (Fsp3) is 0.900. The number of carbonyl (C=O) groups is 1. The van der Waals surface area contributed by atoms with Gasteiger partial charge in [0.15, 0.2) is 5.16 Å². The van der Waals surface area contributed by atoms with Crippen molar-refractivity contribution in [3.8, 4) is 0 Å². The van der Waals surface area contributed by atoms with Crippen molar-refractivity contribution in [3.63, 3.8) is 0 Å². The molecule has 94 valence electrons. The van der Waals surface area contributed by atoms with Crippen molar-refractivity contribution < 1.29 is 23.1 Å².